The number of fused-ring (bicyclic) bond motifs is 1. The fraction of sp³-hybridized carbons (Fsp3) is 0.200. The van der Waals surface area contributed by atoms with Crippen molar-refractivity contribution in [3.63, 3.8) is 0 Å². The van der Waals surface area contributed by atoms with Gasteiger partial charge in [-0.1, -0.05) is 18.2 Å². The van der Waals surface area contributed by atoms with Gasteiger partial charge in [-0.15, -0.1) is 0 Å². The number of hydrogen-bond donors (Lipinski definition) is 0. The van der Waals surface area contributed by atoms with Crippen molar-refractivity contribution in [1.82, 2.24) is 0 Å². The van der Waals surface area contributed by atoms with Crippen LogP contribution in [0.25, 0.3) is 12.2 Å². The number of rotatable bonds is 0. The molecule has 0 fully saturated rings. The lowest BCUT2D eigenvalue weighted by Gasteiger charge is -1.98. The zero-order valence-corrected chi connectivity index (χ0v) is 8.34. The molecule has 0 bridgehead atoms. The molecular weight excluding hydrogens is 247 g/mol. The van der Waals surface area contributed by atoms with Crippen LogP contribution in [0.3, 0.4) is 0 Å². The predicted octanol–water partition coefficient (Wildman–Crippen LogP) is 1.65. The Hall–Kier alpha value is -0.310. The molecule has 1 aliphatic rings. The first-order chi connectivity index (χ1) is 5.36. The van der Waals surface area contributed by atoms with Crippen LogP contribution in [0.2, 0.25) is 0 Å². The molecule has 1 aromatic rings. The van der Waals surface area contributed by atoms with Crippen LogP contribution in [-0.4, -0.2) is 0 Å². The molecule has 1 aromatic carbocycles. The molecule has 0 nitrogen and oxygen atoms in total. The Morgan fingerprint density at radius 1 is 1.00 bits per heavy atom. The maximum atomic E-state index is 2.35. The van der Waals surface area contributed by atoms with E-state index in [9.17, 15) is 0 Å². The lowest BCUT2D eigenvalue weighted by atomic mass is 10.1. The molecule has 0 spiro atoms. The first-order valence-corrected chi connectivity index (χ1v) is 4.90. The van der Waals surface area contributed by atoms with Crippen molar-refractivity contribution in [2.45, 2.75) is 12.8 Å². The molecule has 2 rings (SSSR count). The van der Waals surface area contributed by atoms with Crippen LogP contribution in [0, 0.1) is 3.57 Å². The van der Waals surface area contributed by atoms with Crippen LogP contribution in [0.5, 0.6) is 0 Å². The van der Waals surface area contributed by atoms with Gasteiger partial charge in [0.25, 0.3) is 0 Å². The van der Waals surface area contributed by atoms with Gasteiger partial charge in [-0.3, -0.25) is 0 Å². The highest BCUT2D eigenvalue weighted by molar-refractivity contribution is 14.1. The van der Waals surface area contributed by atoms with Gasteiger partial charge in [0.05, 0.1) is 0 Å². The molecule has 1 aliphatic carbocycles. The fourth-order valence-electron chi connectivity index (χ4n) is 1.39. The molecule has 0 saturated carbocycles. The van der Waals surface area contributed by atoms with Gasteiger partial charge in [-0.05, 0) is 58.0 Å². The van der Waals surface area contributed by atoms with Gasteiger partial charge in [0.2, 0.25) is 0 Å². The maximum Gasteiger partial charge on any atom is 0.0136 e. The van der Waals surface area contributed by atoms with E-state index >= 15 is 0 Å². The van der Waals surface area contributed by atoms with E-state index < -0.39 is 0 Å². The second-order valence-corrected chi connectivity index (χ2v) is 4.00. The lowest BCUT2D eigenvalue weighted by molar-refractivity contribution is 1.12. The molecule has 56 valence electrons. The largest absolute Gasteiger partial charge is 0.0764 e. The van der Waals surface area contributed by atoms with Crippen molar-refractivity contribution >= 4 is 34.7 Å². The molecule has 0 aromatic heterocycles. The second-order valence-electron chi connectivity index (χ2n) is 2.76. The minimum atomic E-state index is 1.20. The topological polar surface area (TPSA) is 0 Å². The standard InChI is InChI=1S/C10H9I/c11-10-6-5-8-3-1-2-4-9(8)7-10/h3-7H,1-2H2. The normalized spacial score (nSPS) is 14.6. The molecule has 11 heavy (non-hydrogen) atoms. The smallest absolute Gasteiger partial charge is 0.0136 e. The van der Waals surface area contributed by atoms with E-state index in [1.807, 2.05) is 0 Å². The van der Waals surface area contributed by atoms with Crippen molar-refractivity contribution in [2.24, 2.45) is 0 Å². The quantitative estimate of drug-likeness (QED) is 0.619. The average Bonchev–Trinajstić information content (AvgIpc) is 2.04. The van der Waals surface area contributed by atoms with E-state index in [-0.39, 0.29) is 0 Å². The van der Waals surface area contributed by atoms with Crippen molar-refractivity contribution in [3.05, 3.63) is 32.2 Å². The van der Waals surface area contributed by atoms with Crippen molar-refractivity contribution in [1.29, 1.82) is 0 Å². The Bertz CT molecular complexity index is 376. The SMILES string of the molecule is Ic1ccc2c(c1)=CCCC=2. The Balaban J connectivity index is 2.80. The number of hydrogen-bond acceptors (Lipinski definition) is 0. The third kappa shape index (κ3) is 1.48. The summed E-state index contributed by atoms with van der Waals surface area (Å²) in [4.78, 5) is 0. The van der Waals surface area contributed by atoms with E-state index in [0.717, 1.165) is 0 Å². The molecular formula is C10H9I. The lowest BCUT2D eigenvalue weighted by Crippen LogP contribution is -2.26. The molecule has 0 heterocycles. The van der Waals surface area contributed by atoms with Gasteiger partial charge >= 0.3 is 0 Å². The second kappa shape index (κ2) is 2.97. The molecule has 0 unspecified atom stereocenters. The van der Waals surface area contributed by atoms with Crippen molar-refractivity contribution < 1.29 is 0 Å². The minimum absolute atomic E-state index is 1.20. The highest BCUT2D eigenvalue weighted by Gasteiger charge is 1.92. The molecule has 0 amide bonds. The van der Waals surface area contributed by atoms with Gasteiger partial charge in [-0.2, -0.15) is 0 Å². The predicted molar refractivity (Wildman–Crippen MR) is 56.6 cm³/mol. The minimum Gasteiger partial charge on any atom is -0.0764 e. The molecule has 0 aliphatic heterocycles. The number of halogens is 1. The third-order valence-electron chi connectivity index (χ3n) is 1.94. The van der Waals surface area contributed by atoms with Crippen LogP contribution in [-0.2, 0) is 0 Å². The zero-order valence-electron chi connectivity index (χ0n) is 6.18. The van der Waals surface area contributed by atoms with E-state index in [0.29, 0.717) is 0 Å². The molecule has 0 N–H and O–H groups in total. The highest BCUT2D eigenvalue weighted by atomic mass is 127. The van der Waals surface area contributed by atoms with Crippen LogP contribution in [0.4, 0.5) is 0 Å². The van der Waals surface area contributed by atoms with Crippen molar-refractivity contribution in [2.75, 3.05) is 0 Å². The molecule has 1 heteroatoms. The summed E-state index contributed by atoms with van der Waals surface area (Å²) in [7, 11) is 0. The van der Waals surface area contributed by atoms with Gasteiger partial charge in [0.1, 0.15) is 0 Å². The molecule has 0 atom stereocenters. The average molecular weight is 256 g/mol. The van der Waals surface area contributed by atoms with Gasteiger partial charge in [-0.25, -0.2) is 0 Å². The summed E-state index contributed by atoms with van der Waals surface area (Å²) < 4.78 is 1.33. The summed E-state index contributed by atoms with van der Waals surface area (Å²) in [5, 5.41) is 2.81. The van der Waals surface area contributed by atoms with E-state index in [2.05, 4.69) is 52.9 Å². The van der Waals surface area contributed by atoms with Crippen LogP contribution in [0.1, 0.15) is 12.8 Å². The van der Waals surface area contributed by atoms with Crippen LogP contribution in [0.15, 0.2) is 18.2 Å². The summed E-state index contributed by atoms with van der Waals surface area (Å²) in [6.45, 7) is 0. The maximum absolute atomic E-state index is 2.35. The summed E-state index contributed by atoms with van der Waals surface area (Å²) in [6.07, 6.45) is 7.03. The van der Waals surface area contributed by atoms with Gasteiger partial charge in [0, 0.05) is 3.57 Å². The Labute approximate surface area is 79.8 Å². The Morgan fingerprint density at radius 3 is 2.55 bits per heavy atom. The Kier molecular flexibility index (Phi) is 1.98. The first-order valence-electron chi connectivity index (χ1n) is 3.82. The zero-order chi connectivity index (χ0) is 7.68. The molecule has 0 radical (unpaired) electrons. The fourth-order valence-corrected chi connectivity index (χ4v) is 1.90. The Morgan fingerprint density at radius 2 is 1.73 bits per heavy atom. The summed E-state index contributed by atoms with van der Waals surface area (Å²) >= 11 is 2.35. The van der Waals surface area contributed by atoms with E-state index in [1.54, 1.807) is 0 Å². The van der Waals surface area contributed by atoms with E-state index in [4.69, 9.17) is 0 Å². The van der Waals surface area contributed by atoms with Crippen LogP contribution < -0.4 is 10.4 Å². The summed E-state index contributed by atoms with van der Waals surface area (Å²) in [6, 6.07) is 6.60. The third-order valence-corrected chi connectivity index (χ3v) is 2.61. The highest BCUT2D eigenvalue weighted by Crippen LogP contribution is 1.99. The van der Waals surface area contributed by atoms with Gasteiger partial charge < -0.3 is 0 Å². The summed E-state index contributed by atoms with van der Waals surface area (Å²) in [5.74, 6) is 0. The van der Waals surface area contributed by atoms with E-state index in [1.165, 1.54) is 26.8 Å². The number of benzene rings is 1. The van der Waals surface area contributed by atoms with Crippen LogP contribution >= 0.6 is 22.6 Å². The first kappa shape index (κ1) is 7.35. The monoisotopic (exact) mass is 256 g/mol. The van der Waals surface area contributed by atoms with Gasteiger partial charge in [0.15, 0.2) is 0 Å². The van der Waals surface area contributed by atoms with Crippen molar-refractivity contribution in [3.8, 4) is 0 Å². The molecule has 0 saturated heterocycles. The summed E-state index contributed by atoms with van der Waals surface area (Å²) in [5.41, 5.74) is 0.